The summed E-state index contributed by atoms with van der Waals surface area (Å²) in [5.74, 6) is -0.585. The number of nitrogens with one attached hydrogen (secondary N) is 1. The number of non-ortho nitro benzene ring substituents is 1. The number of carbonyl (C=O) groups is 1. The monoisotopic (exact) mass is 372 g/mol. The van der Waals surface area contributed by atoms with Crippen LogP contribution in [0.15, 0.2) is 65.6 Å². The fourth-order valence-corrected chi connectivity index (χ4v) is 3.26. The molecule has 3 rings (SSSR count). The number of fused-ring (bicyclic) bond motifs is 1. The molecule has 3 aromatic rings. The minimum Gasteiger partial charge on any atom is -0.321 e. The van der Waals surface area contributed by atoms with E-state index in [4.69, 9.17) is 0 Å². The van der Waals surface area contributed by atoms with Gasteiger partial charge in [-0.2, -0.15) is 8.42 Å². The molecular formula is C17H12N2O6S. The number of nitrogens with zero attached hydrogens (tertiary/aromatic N) is 1. The first-order valence-corrected chi connectivity index (χ1v) is 8.76. The first-order chi connectivity index (χ1) is 12.3. The summed E-state index contributed by atoms with van der Waals surface area (Å²) in [6.07, 6.45) is 0. The molecule has 1 amide bonds. The molecule has 9 heteroatoms. The Kier molecular flexibility index (Phi) is 4.41. The van der Waals surface area contributed by atoms with E-state index in [9.17, 15) is 27.9 Å². The Morgan fingerprint density at radius 1 is 1.00 bits per heavy atom. The van der Waals surface area contributed by atoms with Crippen molar-refractivity contribution in [3.8, 4) is 0 Å². The van der Waals surface area contributed by atoms with Crippen molar-refractivity contribution in [1.82, 2.24) is 0 Å². The van der Waals surface area contributed by atoms with Crippen molar-refractivity contribution in [2.24, 2.45) is 0 Å². The van der Waals surface area contributed by atoms with Crippen LogP contribution in [-0.4, -0.2) is 23.8 Å². The zero-order valence-corrected chi connectivity index (χ0v) is 13.9. The highest BCUT2D eigenvalue weighted by atomic mass is 32.2. The number of carbonyl (C=O) groups excluding carboxylic acids is 1. The molecule has 0 bridgehead atoms. The summed E-state index contributed by atoms with van der Waals surface area (Å²) in [6, 6.07) is 14.1. The molecule has 0 saturated carbocycles. The first-order valence-electron chi connectivity index (χ1n) is 7.32. The van der Waals surface area contributed by atoms with Gasteiger partial charge in [0, 0.05) is 34.2 Å². The third-order valence-corrected chi connectivity index (χ3v) is 4.64. The van der Waals surface area contributed by atoms with Gasteiger partial charge in [-0.25, -0.2) is 0 Å². The molecule has 0 aromatic heterocycles. The van der Waals surface area contributed by atoms with Gasteiger partial charge in [0.1, 0.15) is 4.90 Å². The van der Waals surface area contributed by atoms with Crippen molar-refractivity contribution in [2.45, 2.75) is 4.90 Å². The summed E-state index contributed by atoms with van der Waals surface area (Å²) in [7, 11) is -4.43. The smallest absolute Gasteiger partial charge is 0.295 e. The second-order valence-electron chi connectivity index (χ2n) is 5.39. The van der Waals surface area contributed by atoms with Crippen LogP contribution in [0.25, 0.3) is 10.8 Å². The molecule has 26 heavy (non-hydrogen) atoms. The normalized spacial score (nSPS) is 11.3. The van der Waals surface area contributed by atoms with Gasteiger partial charge in [-0.15, -0.1) is 0 Å². The summed E-state index contributed by atoms with van der Waals surface area (Å²) >= 11 is 0. The molecule has 0 radical (unpaired) electrons. The topological polar surface area (TPSA) is 127 Å². The van der Waals surface area contributed by atoms with Crippen LogP contribution >= 0.6 is 0 Å². The fourth-order valence-electron chi connectivity index (χ4n) is 2.56. The Balaban J connectivity index is 2.03. The number of anilines is 1. The van der Waals surface area contributed by atoms with Gasteiger partial charge in [0.15, 0.2) is 0 Å². The number of nitro groups is 1. The minimum atomic E-state index is -4.43. The van der Waals surface area contributed by atoms with E-state index in [0.717, 1.165) is 6.07 Å². The van der Waals surface area contributed by atoms with Crippen LogP contribution in [0.3, 0.4) is 0 Å². The Labute approximate surface area is 148 Å². The highest BCUT2D eigenvalue weighted by molar-refractivity contribution is 7.86. The molecule has 0 unspecified atom stereocenters. The molecule has 132 valence electrons. The highest BCUT2D eigenvalue weighted by Gasteiger charge is 2.17. The number of nitro benzene ring substituents is 1. The fraction of sp³-hybridized carbons (Fsp3) is 0. The Morgan fingerprint density at radius 3 is 2.35 bits per heavy atom. The van der Waals surface area contributed by atoms with Crippen molar-refractivity contribution in [2.75, 3.05) is 5.32 Å². The van der Waals surface area contributed by atoms with Crippen molar-refractivity contribution < 1.29 is 22.7 Å². The minimum absolute atomic E-state index is 0.0853. The lowest BCUT2D eigenvalue weighted by molar-refractivity contribution is -0.384. The van der Waals surface area contributed by atoms with E-state index in [0.29, 0.717) is 11.1 Å². The molecule has 0 fully saturated rings. The van der Waals surface area contributed by atoms with Crippen LogP contribution in [0.1, 0.15) is 10.4 Å². The number of benzene rings is 3. The van der Waals surface area contributed by atoms with Gasteiger partial charge in [-0.1, -0.05) is 30.3 Å². The van der Waals surface area contributed by atoms with E-state index >= 15 is 0 Å². The number of hydrogen-bond donors (Lipinski definition) is 2. The molecule has 3 aromatic carbocycles. The van der Waals surface area contributed by atoms with Crippen LogP contribution in [-0.2, 0) is 10.1 Å². The standard InChI is InChI=1S/C17H12N2O6S/c20-17(11-4-3-5-12(10-11)19(21)22)18-15-8-9-16(26(23,24)25)14-7-2-1-6-13(14)15/h1-10H,(H,18,20)(H,23,24,25). The Morgan fingerprint density at radius 2 is 1.69 bits per heavy atom. The average Bonchev–Trinajstić information content (AvgIpc) is 2.61. The predicted molar refractivity (Wildman–Crippen MR) is 94.8 cm³/mol. The zero-order valence-electron chi connectivity index (χ0n) is 13.1. The van der Waals surface area contributed by atoms with E-state index in [1.54, 1.807) is 18.2 Å². The van der Waals surface area contributed by atoms with Crippen molar-refractivity contribution in [3.05, 3.63) is 76.3 Å². The van der Waals surface area contributed by atoms with Crippen molar-refractivity contribution in [1.29, 1.82) is 0 Å². The Bertz CT molecular complexity index is 1140. The first kappa shape index (κ1) is 17.5. The van der Waals surface area contributed by atoms with Gasteiger partial charge in [-0.3, -0.25) is 19.5 Å². The largest absolute Gasteiger partial charge is 0.321 e. The van der Waals surface area contributed by atoms with Crippen molar-refractivity contribution >= 4 is 38.2 Å². The third-order valence-electron chi connectivity index (χ3n) is 3.73. The Hall–Kier alpha value is -3.30. The van der Waals surface area contributed by atoms with Crippen molar-refractivity contribution in [3.63, 3.8) is 0 Å². The number of amides is 1. The second kappa shape index (κ2) is 6.54. The second-order valence-corrected chi connectivity index (χ2v) is 6.78. The molecule has 0 spiro atoms. The summed E-state index contributed by atoms with van der Waals surface area (Å²) < 4.78 is 32.4. The van der Waals surface area contributed by atoms with E-state index in [1.807, 2.05) is 0 Å². The van der Waals surface area contributed by atoms with E-state index < -0.39 is 20.9 Å². The summed E-state index contributed by atoms with van der Waals surface area (Å²) in [4.78, 5) is 22.4. The van der Waals surface area contributed by atoms with Gasteiger partial charge in [0.2, 0.25) is 0 Å². The van der Waals surface area contributed by atoms with E-state index in [1.165, 1.54) is 36.4 Å². The molecular weight excluding hydrogens is 360 g/mol. The molecule has 0 aliphatic heterocycles. The van der Waals surface area contributed by atoms with E-state index in [-0.39, 0.29) is 21.5 Å². The zero-order chi connectivity index (χ0) is 18.9. The van der Waals surface area contributed by atoms with Crippen LogP contribution in [0.5, 0.6) is 0 Å². The van der Waals surface area contributed by atoms with Gasteiger partial charge in [-0.05, 0) is 18.2 Å². The molecule has 0 heterocycles. The van der Waals surface area contributed by atoms with Gasteiger partial charge in [0.05, 0.1) is 4.92 Å². The summed E-state index contributed by atoms with van der Waals surface area (Å²) in [5.41, 5.74) is 0.177. The molecule has 0 aliphatic rings. The maximum absolute atomic E-state index is 12.4. The SMILES string of the molecule is O=C(Nc1ccc(S(=O)(=O)O)c2ccccc12)c1cccc([N+](=O)[O-])c1. The maximum Gasteiger partial charge on any atom is 0.295 e. The highest BCUT2D eigenvalue weighted by Crippen LogP contribution is 2.29. The van der Waals surface area contributed by atoms with Gasteiger partial charge in [0.25, 0.3) is 21.7 Å². The quantitative estimate of drug-likeness (QED) is 0.411. The lowest BCUT2D eigenvalue weighted by Crippen LogP contribution is -2.13. The maximum atomic E-state index is 12.4. The summed E-state index contributed by atoms with van der Waals surface area (Å²) in [5, 5.41) is 14.1. The summed E-state index contributed by atoms with van der Waals surface area (Å²) in [6.45, 7) is 0. The van der Waals surface area contributed by atoms with Crippen LogP contribution < -0.4 is 5.32 Å². The van der Waals surface area contributed by atoms with Gasteiger partial charge < -0.3 is 5.32 Å². The lowest BCUT2D eigenvalue weighted by atomic mass is 10.1. The molecule has 0 aliphatic carbocycles. The van der Waals surface area contributed by atoms with Crippen LogP contribution in [0, 0.1) is 10.1 Å². The average molecular weight is 372 g/mol. The molecule has 0 atom stereocenters. The number of hydrogen-bond acceptors (Lipinski definition) is 5. The lowest BCUT2D eigenvalue weighted by Gasteiger charge is -2.11. The van der Waals surface area contributed by atoms with Crippen LogP contribution in [0.4, 0.5) is 11.4 Å². The van der Waals surface area contributed by atoms with Crippen LogP contribution in [0.2, 0.25) is 0 Å². The van der Waals surface area contributed by atoms with E-state index in [2.05, 4.69) is 5.32 Å². The number of rotatable bonds is 4. The third kappa shape index (κ3) is 3.39. The molecule has 8 nitrogen and oxygen atoms in total. The molecule has 2 N–H and O–H groups in total. The van der Waals surface area contributed by atoms with Gasteiger partial charge >= 0.3 is 0 Å². The molecule has 0 saturated heterocycles. The predicted octanol–water partition coefficient (Wildman–Crippen LogP) is 3.25.